The third-order valence-electron chi connectivity index (χ3n) is 2.64. The fourth-order valence-electron chi connectivity index (χ4n) is 1.65. The normalized spacial score (nSPS) is 9.09. The first-order valence-electron chi connectivity index (χ1n) is 5.76. The maximum absolute atomic E-state index is 10.9. The zero-order valence-corrected chi connectivity index (χ0v) is 13.8. The fourth-order valence-corrected chi connectivity index (χ4v) is 1.65. The quantitative estimate of drug-likeness (QED) is 0.460. The van der Waals surface area contributed by atoms with E-state index in [9.17, 15) is 14.9 Å². The molecule has 2 aromatic rings. The van der Waals surface area contributed by atoms with E-state index in [1.165, 1.54) is 6.07 Å². The maximum Gasteiger partial charge on any atom is 1.00 e. The van der Waals surface area contributed by atoms with Crippen LogP contribution in [0.3, 0.4) is 0 Å². The molecule has 110 valence electrons. The van der Waals surface area contributed by atoms with Gasteiger partial charge < -0.3 is 15.3 Å². The number of aromatic carboxylic acids is 1. The van der Waals surface area contributed by atoms with Crippen LogP contribution in [0.25, 0.3) is 0 Å². The molecule has 0 aliphatic carbocycles. The van der Waals surface area contributed by atoms with E-state index >= 15 is 0 Å². The Labute approximate surface area is 148 Å². The Hall–Kier alpha value is -1.93. The average molecular weight is 313 g/mol. The molecule has 2 aromatic carbocycles. The monoisotopic (exact) mass is 313 g/mol. The molecule has 0 atom stereocenters. The zero-order valence-electron chi connectivity index (χ0n) is 11.8. The van der Waals surface area contributed by atoms with Gasteiger partial charge in [0.2, 0.25) is 0 Å². The Morgan fingerprint density at radius 3 is 2.36 bits per heavy atom. The summed E-state index contributed by atoms with van der Waals surface area (Å²) in [4.78, 5) is 21.2. The van der Waals surface area contributed by atoms with E-state index in [0.29, 0.717) is 0 Å². The minimum absolute atomic E-state index is 0. The number of rotatable bonds is 5. The van der Waals surface area contributed by atoms with Crippen LogP contribution in [0.4, 0.5) is 5.69 Å². The van der Waals surface area contributed by atoms with Crippen LogP contribution in [0.15, 0.2) is 48.5 Å². The van der Waals surface area contributed by atoms with Crippen LogP contribution in [0.2, 0.25) is 0 Å². The average Bonchev–Trinajstić information content (AvgIpc) is 2.45. The van der Waals surface area contributed by atoms with E-state index in [-0.39, 0.29) is 58.6 Å². The molecule has 7 nitrogen and oxygen atoms in total. The van der Waals surface area contributed by atoms with E-state index in [0.717, 1.165) is 17.7 Å². The summed E-state index contributed by atoms with van der Waals surface area (Å²) < 4.78 is 5.37. The van der Waals surface area contributed by atoms with Gasteiger partial charge in [-0.05, 0) is 11.6 Å². The van der Waals surface area contributed by atoms with Crippen molar-refractivity contribution in [1.29, 1.82) is 0 Å². The van der Waals surface area contributed by atoms with E-state index < -0.39 is 10.9 Å². The molecule has 0 aromatic heterocycles. The van der Waals surface area contributed by atoms with Crippen molar-refractivity contribution in [3.8, 4) is 5.75 Å². The number of carboxylic acids is 1. The number of nitro groups is 1. The zero-order chi connectivity index (χ0) is 14.5. The molecule has 0 amide bonds. The molecule has 0 aliphatic heterocycles. The SMILES string of the molecule is O=C(O)c1ccc([N+](=O)[O-])c(OCc2ccccc2)c1.[Na+].[OH-]. The van der Waals surface area contributed by atoms with Gasteiger partial charge in [0.25, 0.3) is 0 Å². The van der Waals surface area contributed by atoms with Crippen molar-refractivity contribution in [2.45, 2.75) is 6.61 Å². The summed E-state index contributed by atoms with van der Waals surface area (Å²) in [5.74, 6) is -1.22. The molecule has 0 bridgehead atoms. The van der Waals surface area contributed by atoms with Crippen molar-refractivity contribution in [1.82, 2.24) is 0 Å². The Bertz CT molecular complexity index is 647. The molecule has 8 heteroatoms. The third kappa shape index (κ3) is 5.12. The molecule has 0 unspecified atom stereocenters. The smallest absolute Gasteiger partial charge is 0.870 e. The number of hydrogen-bond acceptors (Lipinski definition) is 5. The Morgan fingerprint density at radius 2 is 1.82 bits per heavy atom. The summed E-state index contributed by atoms with van der Waals surface area (Å²) in [6.45, 7) is 0.130. The molecule has 0 heterocycles. The third-order valence-corrected chi connectivity index (χ3v) is 2.64. The predicted octanol–water partition coefficient (Wildman–Crippen LogP) is -0.301. The molecule has 0 aliphatic rings. The second-order valence-corrected chi connectivity index (χ2v) is 4.02. The van der Waals surface area contributed by atoms with Crippen LogP contribution in [-0.2, 0) is 6.61 Å². The van der Waals surface area contributed by atoms with Crippen molar-refractivity contribution in [2.24, 2.45) is 0 Å². The molecule has 0 saturated heterocycles. The van der Waals surface area contributed by atoms with E-state index in [1.54, 1.807) is 0 Å². The van der Waals surface area contributed by atoms with Gasteiger partial charge in [0.1, 0.15) is 6.61 Å². The van der Waals surface area contributed by atoms with Crippen molar-refractivity contribution >= 4 is 11.7 Å². The number of carboxylic acid groups (broad SMARTS) is 1. The van der Waals surface area contributed by atoms with Gasteiger partial charge in [-0.2, -0.15) is 0 Å². The van der Waals surface area contributed by atoms with Gasteiger partial charge >= 0.3 is 41.2 Å². The topological polar surface area (TPSA) is 120 Å². The van der Waals surface area contributed by atoms with Crippen LogP contribution < -0.4 is 34.3 Å². The van der Waals surface area contributed by atoms with Crippen molar-refractivity contribution in [2.75, 3.05) is 0 Å². The second kappa shape index (κ2) is 9.16. The number of nitro benzene ring substituents is 1. The van der Waals surface area contributed by atoms with Crippen LogP contribution in [-0.4, -0.2) is 21.5 Å². The molecule has 0 spiro atoms. The Morgan fingerprint density at radius 1 is 1.18 bits per heavy atom. The van der Waals surface area contributed by atoms with Crippen LogP contribution in [0.5, 0.6) is 5.75 Å². The van der Waals surface area contributed by atoms with Gasteiger partial charge in [-0.25, -0.2) is 4.79 Å². The number of benzene rings is 2. The second-order valence-electron chi connectivity index (χ2n) is 4.02. The molecule has 0 radical (unpaired) electrons. The number of nitrogens with zero attached hydrogens (tertiary/aromatic N) is 1. The first-order chi connectivity index (χ1) is 9.58. The van der Waals surface area contributed by atoms with Crippen molar-refractivity contribution in [3.63, 3.8) is 0 Å². The van der Waals surface area contributed by atoms with Gasteiger partial charge in [-0.3, -0.25) is 10.1 Å². The Balaban J connectivity index is 0.00000220. The Kier molecular flexibility index (Phi) is 8.36. The molecular formula is C14H12NNaO6. The van der Waals surface area contributed by atoms with Gasteiger partial charge in [0.05, 0.1) is 10.5 Å². The van der Waals surface area contributed by atoms with Crippen LogP contribution in [0.1, 0.15) is 15.9 Å². The first kappa shape index (κ1) is 20.1. The largest absolute Gasteiger partial charge is 1.00 e. The standard InChI is InChI=1S/C14H11NO5.Na.H2O/c16-14(17)11-6-7-12(15(18)19)13(8-11)20-9-10-4-2-1-3-5-10;;/h1-8H,9H2,(H,16,17);;1H2/q;+1;/p-1. The molecule has 22 heavy (non-hydrogen) atoms. The molecule has 0 saturated carbocycles. The summed E-state index contributed by atoms with van der Waals surface area (Å²) in [6, 6.07) is 12.6. The summed E-state index contributed by atoms with van der Waals surface area (Å²) in [5, 5.41) is 19.8. The number of carbonyl (C=O) groups is 1. The van der Waals surface area contributed by atoms with Gasteiger partial charge in [-0.1, -0.05) is 30.3 Å². The number of hydrogen-bond donors (Lipinski definition) is 1. The molecule has 0 fully saturated rings. The van der Waals surface area contributed by atoms with Crippen molar-refractivity contribution < 1.29 is 54.6 Å². The predicted molar refractivity (Wildman–Crippen MR) is 72.8 cm³/mol. The first-order valence-corrected chi connectivity index (χ1v) is 5.76. The minimum Gasteiger partial charge on any atom is -0.870 e. The summed E-state index contributed by atoms with van der Waals surface area (Å²) in [7, 11) is 0. The molecular weight excluding hydrogens is 301 g/mol. The van der Waals surface area contributed by atoms with E-state index in [2.05, 4.69) is 0 Å². The van der Waals surface area contributed by atoms with E-state index in [1.807, 2.05) is 30.3 Å². The van der Waals surface area contributed by atoms with Crippen LogP contribution >= 0.6 is 0 Å². The van der Waals surface area contributed by atoms with Crippen molar-refractivity contribution in [3.05, 3.63) is 69.8 Å². The summed E-state index contributed by atoms with van der Waals surface area (Å²) in [6.07, 6.45) is 0. The minimum atomic E-state index is -1.16. The van der Waals surface area contributed by atoms with Gasteiger partial charge in [-0.15, -0.1) is 0 Å². The fraction of sp³-hybridized carbons (Fsp3) is 0.0714. The maximum atomic E-state index is 10.9. The van der Waals surface area contributed by atoms with E-state index in [4.69, 9.17) is 9.84 Å². The van der Waals surface area contributed by atoms with Gasteiger partial charge in [0.15, 0.2) is 5.75 Å². The summed E-state index contributed by atoms with van der Waals surface area (Å²) in [5.41, 5.74) is 0.520. The van der Waals surface area contributed by atoms with Gasteiger partial charge in [0, 0.05) is 12.1 Å². The van der Waals surface area contributed by atoms with Crippen LogP contribution in [0, 0.1) is 10.1 Å². The molecule has 2 rings (SSSR count). The number of ether oxygens (including phenoxy) is 1. The summed E-state index contributed by atoms with van der Waals surface area (Å²) >= 11 is 0. The molecule has 2 N–H and O–H groups in total.